The van der Waals surface area contributed by atoms with Gasteiger partial charge in [-0.1, -0.05) is 18.2 Å². The Balaban J connectivity index is 1.91. The van der Waals surface area contributed by atoms with Crippen LogP contribution in [0.15, 0.2) is 18.2 Å². The van der Waals surface area contributed by atoms with Crippen LogP contribution in [0.25, 0.3) is 0 Å². The van der Waals surface area contributed by atoms with Crippen LogP contribution in [0.5, 0.6) is 0 Å². The first-order chi connectivity index (χ1) is 9.97. The van der Waals surface area contributed by atoms with Crippen molar-refractivity contribution in [1.29, 1.82) is 0 Å². The molecule has 1 aromatic rings. The average molecular weight is 290 g/mol. The van der Waals surface area contributed by atoms with Crippen LogP contribution in [0.3, 0.4) is 0 Å². The molecule has 4 heteroatoms. The van der Waals surface area contributed by atoms with Crippen molar-refractivity contribution in [1.82, 2.24) is 10.2 Å². The number of aliphatic hydroxyl groups excluding tert-OH is 1. The predicted octanol–water partition coefficient (Wildman–Crippen LogP) is 2.65. The molecule has 0 bridgehead atoms. The van der Waals surface area contributed by atoms with Crippen molar-refractivity contribution >= 4 is 6.03 Å². The van der Waals surface area contributed by atoms with E-state index in [0.717, 1.165) is 12.0 Å². The molecule has 1 aliphatic carbocycles. The summed E-state index contributed by atoms with van der Waals surface area (Å²) in [6, 6.07) is 6.44. The van der Waals surface area contributed by atoms with Crippen molar-refractivity contribution in [2.45, 2.75) is 51.7 Å². The number of urea groups is 1. The van der Waals surface area contributed by atoms with Crippen LogP contribution in [0.4, 0.5) is 4.79 Å². The smallest absolute Gasteiger partial charge is 0.317 e. The van der Waals surface area contributed by atoms with Crippen molar-refractivity contribution in [2.75, 3.05) is 13.6 Å². The Morgan fingerprint density at radius 3 is 2.76 bits per heavy atom. The highest BCUT2D eigenvalue weighted by Crippen LogP contribution is 2.25. The van der Waals surface area contributed by atoms with Gasteiger partial charge in [-0.2, -0.15) is 0 Å². The highest BCUT2D eigenvalue weighted by Gasteiger charge is 2.16. The van der Waals surface area contributed by atoms with Gasteiger partial charge in [-0.05, 0) is 56.2 Å². The molecule has 0 radical (unpaired) electrons. The number of nitrogens with zero attached hydrogens (tertiary/aromatic N) is 1. The van der Waals surface area contributed by atoms with E-state index in [1.54, 1.807) is 18.9 Å². The Morgan fingerprint density at radius 2 is 2.05 bits per heavy atom. The molecule has 0 aliphatic heterocycles. The number of aryl methyl sites for hydroxylation is 2. The molecule has 0 spiro atoms. The van der Waals surface area contributed by atoms with E-state index in [-0.39, 0.29) is 18.2 Å². The number of hydrogen-bond acceptors (Lipinski definition) is 2. The van der Waals surface area contributed by atoms with Gasteiger partial charge in [0.2, 0.25) is 0 Å². The molecule has 1 aliphatic rings. The first kappa shape index (κ1) is 15.8. The zero-order chi connectivity index (χ0) is 15.4. The van der Waals surface area contributed by atoms with Crippen LogP contribution in [-0.4, -0.2) is 35.7 Å². The maximum absolute atomic E-state index is 12.1. The standard InChI is InChI=1S/C17H26N2O2/c1-12(20)9-10-19(3)17(21)18-13(2)15-8-7-14-5-4-6-16(14)11-15/h7-8,11-13,20H,4-6,9-10H2,1-3H3,(H,18,21)/t12-,13-/m0/s1. The lowest BCUT2D eigenvalue weighted by Crippen LogP contribution is -2.39. The van der Waals surface area contributed by atoms with Gasteiger partial charge in [0.15, 0.2) is 0 Å². The minimum atomic E-state index is -0.380. The van der Waals surface area contributed by atoms with Gasteiger partial charge in [-0.15, -0.1) is 0 Å². The minimum Gasteiger partial charge on any atom is -0.393 e. The van der Waals surface area contributed by atoms with Gasteiger partial charge in [-0.25, -0.2) is 4.79 Å². The quantitative estimate of drug-likeness (QED) is 0.876. The van der Waals surface area contributed by atoms with Crippen LogP contribution < -0.4 is 5.32 Å². The summed E-state index contributed by atoms with van der Waals surface area (Å²) in [6.45, 7) is 4.30. The molecule has 2 amide bonds. The van der Waals surface area contributed by atoms with Crippen LogP contribution in [0.1, 0.15) is 49.4 Å². The first-order valence-electron chi connectivity index (χ1n) is 7.78. The van der Waals surface area contributed by atoms with Gasteiger partial charge < -0.3 is 15.3 Å². The summed E-state index contributed by atoms with van der Waals surface area (Å²) in [4.78, 5) is 13.7. The molecular weight excluding hydrogens is 264 g/mol. The molecule has 0 saturated carbocycles. The van der Waals surface area contributed by atoms with Crippen LogP contribution in [0.2, 0.25) is 0 Å². The lowest BCUT2D eigenvalue weighted by molar-refractivity contribution is 0.162. The SMILES string of the molecule is C[C@H](O)CCN(C)C(=O)N[C@@H](C)c1ccc2c(c1)CCC2. The number of rotatable bonds is 5. The third-order valence-electron chi connectivity index (χ3n) is 4.19. The minimum absolute atomic E-state index is 0.00241. The van der Waals surface area contributed by atoms with Crippen LogP contribution >= 0.6 is 0 Å². The van der Waals surface area contributed by atoms with Gasteiger partial charge in [0.25, 0.3) is 0 Å². The monoisotopic (exact) mass is 290 g/mol. The number of hydrogen-bond donors (Lipinski definition) is 2. The van der Waals surface area contributed by atoms with Crippen molar-refractivity contribution < 1.29 is 9.90 Å². The molecule has 21 heavy (non-hydrogen) atoms. The van der Waals surface area contributed by atoms with Gasteiger partial charge in [-0.3, -0.25) is 0 Å². The second-order valence-electron chi connectivity index (χ2n) is 6.11. The van der Waals surface area contributed by atoms with E-state index in [1.165, 1.54) is 24.0 Å². The second-order valence-corrected chi connectivity index (χ2v) is 6.11. The maximum Gasteiger partial charge on any atom is 0.317 e. The Labute approximate surface area is 127 Å². The van der Waals surface area contributed by atoms with Crippen molar-refractivity contribution in [3.63, 3.8) is 0 Å². The summed E-state index contributed by atoms with van der Waals surface area (Å²) in [6.07, 6.45) is 3.78. The Bertz CT molecular complexity index is 500. The number of benzene rings is 1. The van der Waals surface area contributed by atoms with Crippen molar-refractivity contribution in [3.05, 3.63) is 34.9 Å². The first-order valence-corrected chi connectivity index (χ1v) is 7.78. The second kappa shape index (κ2) is 6.94. The summed E-state index contributed by atoms with van der Waals surface area (Å²) < 4.78 is 0. The van der Waals surface area contributed by atoms with E-state index in [0.29, 0.717) is 13.0 Å². The number of nitrogens with one attached hydrogen (secondary N) is 1. The summed E-state index contributed by atoms with van der Waals surface area (Å²) in [7, 11) is 1.76. The molecule has 1 aromatic carbocycles. The molecule has 0 aromatic heterocycles. The fraction of sp³-hybridized carbons (Fsp3) is 0.588. The van der Waals surface area contributed by atoms with Gasteiger partial charge in [0, 0.05) is 13.6 Å². The molecule has 0 heterocycles. The normalized spacial score (nSPS) is 16.2. The maximum atomic E-state index is 12.1. The third-order valence-corrected chi connectivity index (χ3v) is 4.19. The zero-order valence-corrected chi connectivity index (χ0v) is 13.2. The van der Waals surface area contributed by atoms with E-state index in [9.17, 15) is 9.90 Å². The van der Waals surface area contributed by atoms with Gasteiger partial charge >= 0.3 is 6.03 Å². The molecule has 2 rings (SSSR count). The number of amides is 2. The van der Waals surface area contributed by atoms with Crippen LogP contribution in [0, 0.1) is 0 Å². The fourth-order valence-corrected chi connectivity index (χ4v) is 2.72. The summed E-state index contributed by atoms with van der Waals surface area (Å²) in [5.41, 5.74) is 4.04. The number of aliphatic hydroxyl groups is 1. The number of fused-ring (bicyclic) bond motifs is 1. The number of carbonyl (C=O) groups is 1. The molecule has 0 fully saturated rings. The van der Waals surface area contributed by atoms with Crippen LogP contribution in [-0.2, 0) is 12.8 Å². The molecule has 0 saturated heterocycles. The molecule has 2 N–H and O–H groups in total. The molecule has 116 valence electrons. The van der Waals surface area contributed by atoms with E-state index < -0.39 is 0 Å². The van der Waals surface area contributed by atoms with E-state index in [2.05, 4.69) is 23.5 Å². The van der Waals surface area contributed by atoms with Gasteiger partial charge in [0.1, 0.15) is 0 Å². The van der Waals surface area contributed by atoms with Gasteiger partial charge in [0.05, 0.1) is 12.1 Å². The zero-order valence-electron chi connectivity index (χ0n) is 13.2. The van der Waals surface area contributed by atoms with Crippen molar-refractivity contribution in [3.8, 4) is 0 Å². The summed E-state index contributed by atoms with van der Waals surface area (Å²) in [5.74, 6) is 0. The topological polar surface area (TPSA) is 52.6 Å². The largest absolute Gasteiger partial charge is 0.393 e. The van der Waals surface area contributed by atoms with E-state index in [1.807, 2.05) is 6.92 Å². The average Bonchev–Trinajstić information content (AvgIpc) is 2.91. The Kier molecular flexibility index (Phi) is 5.23. The molecule has 2 atom stereocenters. The number of carbonyl (C=O) groups excluding carboxylic acids is 1. The van der Waals surface area contributed by atoms with E-state index >= 15 is 0 Å². The fourth-order valence-electron chi connectivity index (χ4n) is 2.72. The Morgan fingerprint density at radius 1 is 1.33 bits per heavy atom. The highest BCUT2D eigenvalue weighted by atomic mass is 16.3. The molecule has 4 nitrogen and oxygen atoms in total. The van der Waals surface area contributed by atoms with E-state index in [4.69, 9.17) is 0 Å². The predicted molar refractivity (Wildman–Crippen MR) is 84.3 cm³/mol. The lowest BCUT2D eigenvalue weighted by Gasteiger charge is -2.22. The summed E-state index contributed by atoms with van der Waals surface area (Å²) in [5, 5.41) is 12.3. The lowest BCUT2D eigenvalue weighted by atomic mass is 10.0. The third kappa shape index (κ3) is 4.21. The molecular formula is C17H26N2O2. The Hall–Kier alpha value is -1.55. The summed E-state index contributed by atoms with van der Waals surface area (Å²) >= 11 is 0. The molecule has 0 unspecified atom stereocenters. The van der Waals surface area contributed by atoms with Crippen molar-refractivity contribution in [2.24, 2.45) is 0 Å². The highest BCUT2D eigenvalue weighted by molar-refractivity contribution is 5.74.